The highest BCUT2D eigenvalue weighted by Crippen LogP contribution is 2.27. The van der Waals surface area contributed by atoms with Gasteiger partial charge in [-0.1, -0.05) is 30.7 Å². The van der Waals surface area contributed by atoms with E-state index < -0.39 is 6.04 Å². The predicted molar refractivity (Wildman–Crippen MR) is 134 cm³/mol. The van der Waals surface area contributed by atoms with Crippen LogP contribution in [0, 0.1) is 13.8 Å². The average molecular weight is 479 g/mol. The van der Waals surface area contributed by atoms with Crippen molar-refractivity contribution < 1.29 is 9.59 Å². The highest BCUT2D eigenvalue weighted by molar-refractivity contribution is 6.34. The van der Waals surface area contributed by atoms with E-state index in [1.165, 1.54) is 0 Å². The van der Waals surface area contributed by atoms with Crippen LogP contribution < -0.4 is 10.6 Å². The van der Waals surface area contributed by atoms with Gasteiger partial charge in [0.1, 0.15) is 18.4 Å². The second-order valence-electron chi connectivity index (χ2n) is 8.24. The fourth-order valence-corrected chi connectivity index (χ4v) is 4.22. The third kappa shape index (κ3) is 4.82. The molecular weight excluding hydrogens is 452 g/mol. The molecule has 0 bridgehead atoms. The predicted octanol–water partition coefficient (Wildman–Crippen LogP) is 4.90. The molecule has 2 aromatic carbocycles. The Bertz CT molecular complexity index is 1370. The highest BCUT2D eigenvalue weighted by atomic mass is 35.5. The molecule has 0 aliphatic carbocycles. The number of halogens is 1. The summed E-state index contributed by atoms with van der Waals surface area (Å²) >= 11 is 6.41. The number of para-hydroxylation sites is 2. The van der Waals surface area contributed by atoms with Crippen molar-refractivity contribution in [2.24, 2.45) is 0 Å². The van der Waals surface area contributed by atoms with E-state index in [2.05, 4.69) is 20.7 Å². The second kappa shape index (κ2) is 9.69. The van der Waals surface area contributed by atoms with Gasteiger partial charge in [-0.2, -0.15) is 5.10 Å². The number of nitrogens with zero attached hydrogens (tertiary/aromatic N) is 4. The Morgan fingerprint density at radius 2 is 1.85 bits per heavy atom. The van der Waals surface area contributed by atoms with Crippen molar-refractivity contribution in [1.29, 1.82) is 0 Å². The van der Waals surface area contributed by atoms with E-state index >= 15 is 0 Å². The largest absolute Gasteiger partial charge is 0.324 e. The molecule has 0 radical (unpaired) electrons. The SMILES string of the molecule is CCc1nc2ccccc2n1CC(=O)Nc1ccc(NC(=O)C(C)n2nc(C)cc2C)c(Cl)c1. The van der Waals surface area contributed by atoms with Gasteiger partial charge in [0.15, 0.2) is 0 Å². The molecule has 0 spiro atoms. The first-order valence-corrected chi connectivity index (χ1v) is 11.5. The fraction of sp³-hybridized carbons (Fsp3) is 0.280. The van der Waals surface area contributed by atoms with Crippen LogP contribution in [0.3, 0.4) is 0 Å². The summed E-state index contributed by atoms with van der Waals surface area (Å²) in [5.41, 5.74) is 4.55. The van der Waals surface area contributed by atoms with Gasteiger partial charge in [-0.15, -0.1) is 0 Å². The average Bonchev–Trinajstić information content (AvgIpc) is 3.33. The molecule has 1 unspecified atom stereocenters. The van der Waals surface area contributed by atoms with E-state index in [4.69, 9.17) is 11.6 Å². The molecule has 0 aliphatic heterocycles. The first kappa shape index (κ1) is 23.5. The molecule has 8 nitrogen and oxygen atoms in total. The summed E-state index contributed by atoms with van der Waals surface area (Å²) in [4.78, 5) is 30.1. The number of imidazole rings is 1. The Labute approximate surface area is 202 Å². The van der Waals surface area contributed by atoms with Crippen molar-refractivity contribution in [3.05, 3.63) is 70.8 Å². The number of rotatable bonds is 7. The van der Waals surface area contributed by atoms with Crippen molar-refractivity contribution in [2.75, 3.05) is 10.6 Å². The van der Waals surface area contributed by atoms with Crippen molar-refractivity contribution in [2.45, 2.75) is 46.7 Å². The molecule has 9 heteroatoms. The maximum absolute atomic E-state index is 12.8. The molecule has 176 valence electrons. The summed E-state index contributed by atoms with van der Waals surface area (Å²) < 4.78 is 3.60. The summed E-state index contributed by atoms with van der Waals surface area (Å²) in [5.74, 6) is 0.428. The monoisotopic (exact) mass is 478 g/mol. The molecule has 4 aromatic rings. The third-order valence-corrected chi connectivity index (χ3v) is 5.97. The lowest BCUT2D eigenvalue weighted by Crippen LogP contribution is -2.25. The van der Waals surface area contributed by atoms with Gasteiger partial charge in [-0.05, 0) is 57.2 Å². The molecule has 34 heavy (non-hydrogen) atoms. The zero-order valence-electron chi connectivity index (χ0n) is 19.6. The molecular formula is C25H27ClN6O2. The Kier molecular flexibility index (Phi) is 6.70. The Hall–Kier alpha value is -3.65. The van der Waals surface area contributed by atoms with Gasteiger partial charge < -0.3 is 15.2 Å². The number of carbonyl (C=O) groups is 2. The highest BCUT2D eigenvalue weighted by Gasteiger charge is 2.19. The summed E-state index contributed by atoms with van der Waals surface area (Å²) in [6, 6.07) is 14.2. The first-order valence-electron chi connectivity index (χ1n) is 11.1. The molecule has 2 N–H and O–H groups in total. The third-order valence-electron chi connectivity index (χ3n) is 5.65. The van der Waals surface area contributed by atoms with Crippen LogP contribution >= 0.6 is 11.6 Å². The number of nitrogens with one attached hydrogen (secondary N) is 2. The van der Waals surface area contributed by atoms with Crippen LogP contribution in [0.1, 0.15) is 37.1 Å². The normalized spacial score (nSPS) is 12.0. The zero-order chi connectivity index (χ0) is 24.4. The smallest absolute Gasteiger partial charge is 0.248 e. The molecule has 0 saturated carbocycles. The van der Waals surface area contributed by atoms with Crippen LogP contribution in [0.4, 0.5) is 11.4 Å². The molecule has 0 fully saturated rings. The van der Waals surface area contributed by atoms with Gasteiger partial charge in [-0.25, -0.2) is 4.98 Å². The van der Waals surface area contributed by atoms with E-state index in [9.17, 15) is 9.59 Å². The van der Waals surface area contributed by atoms with Gasteiger partial charge in [-0.3, -0.25) is 14.3 Å². The van der Waals surface area contributed by atoms with E-state index in [0.29, 0.717) is 16.4 Å². The minimum absolute atomic E-state index is 0.139. The van der Waals surface area contributed by atoms with Crippen LogP contribution in [0.15, 0.2) is 48.5 Å². The number of anilines is 2. The van der Waals surface area contributed by atoms with Crippen LogP contribution in [-0.4, -0.2) is 31.1 Å². The molecule has 2 heterocycles. The number of amides is 2. The molecule has 2 aromatic heterocycles. The number of benzene rings is 2. The minimum Gasteiger partial charge on any atom is -0.324 e. The lowest BCUT2D eigenvalue weighted by Gasteiger charge is -2.16. The van der Waals surface area contributed by atoms with Crippen LogP contribution in [0.25, 0.3) is 11.0 Å². The Morgan fingerprint density at radius 3 is 2.53 bits per heavy atom. The molecule has 4 rings (SSSR count). The topological polar surface area (TPSA) is 93.8 Å². The van der Waals surface area contributed by atoms with Gasteiger partial charge in [0, 0.05) is 17.8 Å². The fourth-order valence-electron chi connectivity index (χ4n) is 4.00. The van der Waals surface area contributed by atoms with Gasteiger partial charge in [0.2, 0.25) is 11.8 Å². The maximum Gasteiger partial charge on any atom is 0.248 e. The summed E-state index contributed by atoms with van der Waals surface area (Å²) in [6.45, 7) is 7.72. The molecule has 1 atom stereocenters. The lowest BCUT2D eigenvalue weighted by molar-refractivity contribution is -0.119. The van der Waals surface area contributed by atoms with Crippen LogP contribution in [0.2, 0.25) is 5.02 Å². The zero-order valence-corrected chi connectivity index (χ0v) is 20.3. The first-order chi connectivity index (χ1) is 16.3. The Morgan fingerprint density at radius 1 is 1.09 bits per heavy atom. The second-order valence-corrected chi connectivity index (χ2v) is 8.64. The number of hydrogen-bond donors (Lipinski definition) is 2. The quantitative estimate of drug-likeness (QED) is 0.395. The Balaban J connectivity index is 1.44. The number of aromatic nitrogens is 4. The van der Waals surface area contributed by atoms with Crippen molar-refractivity contribution in [1.82, 2.24) is 19.3 Å². The summed E-state index contributed by atoms with van der Waals surface area (Å²) in [5, 5.41) is 10.4. The van der Waals surface area contributed by atoms with Gasteiger partial charge >= 0.3 is 0 Å². The minimum atomic E-state index is -0.498. The van der Waals surface area contributed by atoms with E-state index in [1.807, 2.05) is 55.7 Å². The van der Waals surface area contributed by atoms with E-state index in [-0.39, 0.29) is 18.4 Å². The molecule has 2 amide bonds. The number of aryl methyl sites for hydroxylation is 3. The van der Waals surface area contributed by atoms with E-state index in [0.717, 1.165) is 34.7 Å². The summed E-state index contributed by atoms with van der Waals surface area (Å²) in [7, 11) is 0. The standard InChI is InChI=1S/C25H27ClN6O2/c1-5-23-28-21-8-6-7-9-22(21)31(23)14-24(33)27-18-10-11-20(19(26)13-18)29-25(34)17(4)32-16(3)12-15(2)30-32/h6-13,17H,5,14H2,1-4H3,(H,27,33)(H,29,34). The van der Waals surface area contributed by atoms with E-state index in [1.54, 1.807) is 29.8 Å². The molecule has 0 saturated heterocycles. The summed E-state index contributed by atoms with van der Waals surface area (Å²) in [6.07, 6.45) is 0.720. The lowest BCUT2D eigenvalue weighted by atomic mass is 10.2. The van der Waals surface area contributed by atoms with Crippen LogP contribution in [0.5, 0.6) is 0 Å². The van der Waals surface area contributed by atoms with Gasteiger partial charge in [0.25, 0.3) is 0 Å². The van der Waals surface area contributed by atoms with Crippen molar-refractivity contribution in [3.63, 3.8) is 0 Å². The van der Waals surface area contributed by atoms with Crippen LogP contribution in [-0.2, 0) is 22.6 Å². The molecule has 0 aliphatic rings. The maximum atomic E-state index is 12.8. The van der Waals surface area contributed by atoms with Crippen molar-refractivity contribution in [3.8, 4) is 0 Å². The van der Waals surface area contributed by atoms with Gasteiger partial charge in [0.05, 0.1) is 27.4 Å². The van der Waals surface area contributed by atoms with Crippen molar-refractivity contribution >= 4 is 45.8 Å². The number of fused-ring (bicyclic) bond motifs is 1. The number of hydrogen-bond acceptors (Lipinski definition) is 4. The number of carbonyl (C=O) groups excluding carboxylic acids is 2.